The third kappa shape index (κ3) is 4.84. The molecule has 106 valence electrons. The lowest BCUT2D eigenvalue weighted by atomic mass is 10.1. The molecule has 0 aliphatic heterocycles. The average Bonchev–Trinajstić information content (AvgIpc) is 3.17. The van der Waals surface area contributed by atoms with Crippen LogP contribution in [0.25, 0.3) is 0 Å². The van der Waals surface area contributed by atoms with Crippen LogP contribution in [0.2, 0.25) is 0 Å². The molecule has 1 saturated carbocycles. The second kappa shape index (κ2) is 5.93. The van der Waals surface area contributed by atoms with E-state index in [1.807, 2.05) is 12.1 Å². The molecule has 19 heavy (non-hydrogen) atoms. The van der Waals surface area contributed by atoms with Crippen LogP contribution >= 0.6 is 0 Å². The third-order valence-corrected chi connectivity index (χ3v) is 3.15. The van der Waals surface area contributed by atoms with Crippen molar-refractivity contribution in [2.24, 2.45) is 0 Å². The normalized spacial score (nSPS) is 17.3. The minimum absolute atomic E-state index is 0.0894. The van der Waals surface area contributed by atoms with Crippen molar-refractivity contribution in [1.29, 1.82) is 0 Å². The van der Waals surface area contributed by atoms with Gasteiger partial charge in [0.25, 0.3) is 0 Å². The molecule has 1 unspecified atom stereocenters. The summed E-state index contributed by atoms with van der Waals surface area (Å²) in [6, 6.07) is 8.86. The van der Waals surface area contributed by atoms with Crippen molar-refractivity contribution in [3.05, 3.63) is 29.8 Å². The standard InChI is InChI=1S/C16H25NO2/c1-16(2,3)19-15(11-17-13-7-8-13)12-5-9-14(18-4)10-6-12/h5-6,9-10,13,15,17H,7-8,11H2,1-4H3. The molecule has 0 aromatic heterocycles. The average molecular weight is 263 g/mol. The molecular formula is C16H25NO2. The number of nitrogens with one attached hydrogen (secondary N) is 1. The van der Waals surface area contributed by atoms with E-state index in [9.17, 15) is 0 Å². The van der Waals surface area contributed by atoms with Gasteiger partial charge in [-0.15, -0.1) is 0 Å². The van der Waals surface area contributed by atoms with Gasteiger partial charge >= 0.3 is 0 Å². The third-order valence-electron chi connectivity index (χ3n) is 3.15. The van der Waals surface area contributed by atoms with Gasteiger partial charge in [-0.05, 0) is 51.3 Å². The van der Waals surface area contributed by atoms with Gasteiger partial charge in [-0.25, -0.2) is 0 Å². The molecule has 1 fully saturated rings. The van der Waals surface area contributed by atoms with Crippen molar-refractivity contribution >= 4 is 0 Å². The largest absolute Gasteiger partial charge is 0.497 e. The van der Waals surface area contributed by atoms with E-state index in [4.69, 9.17) is 9.47 Å². The van der Waals surface area contributed by atoms with Crippen LogP contribution in [0.3, 0.4) is 0 Å². The molecule has 0 amide bonds. The van der Waals surface area contributed by atoms with Gasteiger partial charge in [0, 0.05) is 12.6 Å². The Morgan fingerprint density at radius 1 is 1.21 bits per heavy atom. The van der Waals surface area contributed by atoms with Crippen LogP contribution in [0.5, 0.6) is 5.75 Å². The first-order valence-corrected chi connectivity index (χ1v) is 7.03. The van der Waals surface area contributed by atoms with Crippen molar-refractivity contribution < 1.29 is 9.47 Å². The maximum absolute atomic E-state index is 6.17. The Balaban J connectivity index is 2.04. The fourth-order valence-electron chi connectivity index (χ4n) is 2.03. The summed E-state index contributed by atoms with van der Waals surface area (Å²) in [4.78, 5) is 0. The van der Waals surface area contributed by atoms with Gasteiger partial charge in [0.05, 0.1) is 18.8 Å². The predicted molar refractivity (Wildman–Crippen MR) is 77.6 cm³/mol. The fourth-order valence-corrected chi connectivity index (χ4v) is 2.03. The Morgan fingerprint density at radius 3 is 2.32 bits per heavy atom. The number of hydrogen-bond donors (Lipinski definition) is 1. The van der Waals surface area contributed by atoms with Crippen molar-refractivity contribution in [1.82, 2.24) is 5.32 Å². The van der Waals surface area contributed by atoms with Crippen molar-refractivity contribution in [2.75, 3.05) is 13.7 Å². The molecule has 0 bridgehead atoms. The summed E-state index contributed by atoms with van der Waals surface area (Å²) >= 11 is 0. The van der Waals surface area contributed by atoms with Crippen LogP contribution in [0, 0.1) is 0 Å². The lowest BCUT2D eigenvalue weighted by Gasteiger charge is -2.28. The number of benzene rings is 1. The topological polar surface area (TPSA) is 30.5 Å². The van der Waals surface area contributed by atoms with Gasteiger partial charge in [-0.3, -0.25) is 0 Å². The minimum atomic E-state index is -0.143. The number of ether oxygens (including phenoxy) is 2. The molecule has 0 spiro atoms. The van der Waals surface area contributed by atoms with Crippen molar-refractivity contribution in [3.63, 3.8) is 0 Å². The molecule has 1 aliphatic rings. The molecule has 0 saturated heterocycles. The highest BCUT2D eigenvalue weighted by Crippen LogP contribution is 2.27. The van der Waals surface area contributed by atoms with Crippen LogP contribution in [0.1, 0.15) is 45.3 Å². The predicted octanol–water partition coefficient (Wildman–Crippen LogP) is 3.30. The molecular weight excluding hydrogens is 238 g/mol. The van der Waals surface area contributed by atoms with E-state index >= 15 is 0 Å². The first-order valence-electron chi connectivity index (χ1n) is 7.03. The number of hydrogen-bond acceptors (Lipinski definition) is 3. The lowest BCUT2D eigenvalue weighted by molar-refractivity contribution is -0.0607. The van der Waals surface area contributed by atoms with Crippen molar-refractivity contribution in [3.8, 4) is 5.75 Å². The quantitative estimate of drug-likeness (QED) is 0.854. The van der Waals surface area contributed by atoms with Gasteiger partial charge in [0.1, 0.15) is 5.75 Å². The van der Waals surface area contributed by atoms with Crippen LogP contribution < -0.4 is 10.1 Å². The van der Waals surface area contributed by atoms with Gasteiger partial charge < -0.3 is 14.8 Å². The zero-order chi connectivity index (χ0) is 13.9. The van der Waals surface area contributed by atoms with Crippen molar-refractivity contribution in [2.45, 2.75) is 51.4 Å². The second-order valence-corrected chi connectivity index (χ2v) is 6.17. The molecule has 0 heterocycles. The highest BCUT2D eigenvalue weighted by molar-refractivity contribution is 5.28. The van der Waals surface area contributed by atoms with Gasteiger partial charge in [-0.2, -0.15) is 0 Å². The molecule has 1 aromatic carbocycles. The van der Waals surface area contributed by atoms with E-state index in [-0.39, 0.29) is 11.7 Å². The number of methoxy groups -OCH3 is 1. The summed E-state index contributed by atoms with van der Waals surface area (Å²) in [7, 11) is 1.69. The Morgan fingerprint density at radius 2 is 1.84 bits per heavy atom. The molecule has 1 aromatic rings. The fraction of sp³-hybridized carbons (Fsp3) is 0.625. The first kappa shape index (κ1) is 14.4. The maximum Gasteiger partial charge on any atom is 0.118 e. The van der Waals surface area contributed by atoms with Crippen LogP contribution in [0.15, 0.2) is 24.3 Å². The van der Waals surface area contributed by atoms with E-state index in [1.165, 1.54) is 18.4 Å². The summed E-state index contributed by atoms with van der Waals surface area (Å²) in [5.74, 6) is 0.883. The SMILES string of the molecule is COc1ccc(C(CNC2CC2)OC(C)(C)C)cc1. The molecule has 3 nitrogen and oxygen atoms in total. The van der Waals surface area contributed by atoms with Crippen LogP contribution in [-0.4, -0.2) is 25.3 Å². The Bertz CT molecular complexity index is 390. The summed E-state index contributed by atoms with van der Waals surface area (Å²) in [5, 5.41) is 3.55. The molecule has 1 atom stereocenters. The monoisotopic (exact) mass is 263 g/mol. The van der Waals surface area contributed by atoms with Gasteiger partial charge in [-0.1, -0.05) is 12.1 Å². The Kier molecular flexibility index (Phi) is 4.48. The van der Waals surface area contributed by atoms with Crippen LogP contribution in [0.4, 0.5) is 0 Å². The lowest BCUT2D eigenvalue weighted by Crippen LogP contribution is -2.31. The summed E-state index contributed by atoms with van der Waals surface area (Å²) in [6.07, 6.45) is 2.68. The Labute approximate surface area is 116 Å². The smallest absolute Gasteiger partial charge is 0.118 e. The highest BCUT2D eigenvalue weighted by atomic mass is 16.5. The molecule has 1 aliphatic carbocycles. The molecule has 1 N–H and O–H groups in total. The minimum Gasteiger partial charge on any atom is -0.497 e. The first-order chi connectivity index (χ1) is 8.98. The summed E-state index contributed by atoms with van der Waals surface area (Å²) in [6.45, 7) is 7.16. The Hall–Kier alpha value is -1.06. The molecule has 0 radical (unpaired) electrons. The van der Waals surface area contributed by atoms with E-state index in [0.717, 1.165) is 12.3 Å². The number of rotatable bonds is 6. The van der Waals surface area contributed by atoms with E-state index in [0.29, 0.717) is 6.04 Å². The second-order valence-electron chi connectivity index (χ2n) is 6.17. The zero-order valence-corrected chi connectivity index (χ0v) is 12.4. The molecule has 3 heteroatoms. The van der Waals surface area contributed by atoms with E-state index in [1.54, 1.807) is 7.11 Å². The van der Waals surface area contributed by atoms with Gasteiger partial charge in [0.2, 0.25) is 0 Å². The van der Waals surface area contributed by atoms with E-state index in [2.05, 4.69) is 38.2 Å². The summed E-state index contributed by atoms with van der Waals surface area (Å²) < 4.78 is 11.4. The molecule has 2 rings (SSSR count). The highest BCUT2D eigenvalue weighted by Gasteiger charge is 2.25. The summed E-state index contributed by atoms with van der Waals surface area (Å²) in [5.41, 5.74) is 1.06. The van der Waals surface area contributed by atoms with E-state index < -0.39 is 0 Å². The maximum atomic E-state index is 6.17. The van der Waals surface area contributed by atoms with Crippen LogP contribution in [-0.2, 0) is 4.74 Å². The zero-order valence-electron chi connectivity index (χ0n) is 12.4. The van der Waals surface area contributed by atoms with Gasteiger partial charge in [0.15, 0.2) is 0 Å².